The molecule has 0 radical (unpaired) electrons. The van der Waals surface area contributed by atoms with Crippen molar-refractivity contribution in [2.24, 2.45) is 0 Å². The Morgan fingerprint density at radius 2 is 1.54 bits per heavy atom. The van der Waals surface area contributed by atoms with E-state index in [1.54, 1.807) is 0 Å². The molecule has 0 saturated heterocycles. The maximum Gasteiger partial charge on any atom is 0.279 e. The summed E-state index contributed by atoms with van der Waals surface area (Å²) >= 11 is 0. The molecular formula is C16H15N3O5. The fourth-order valence-corrected chi connectivity index (χ4v) is 2.34. The van der Waals surface area contributed by atoms with E-state index in [4.69, 9.17) is 0 Å². The van der Waals surface area contributed by atoms with Crippen molar-refractivity contribution in [1.29, 1.82) is 0 Å². The Labute approximate surface area is 137 Å². The summed E-state index contributed by atoms with van der Waals surface area (Å²) in [5.41, 5.74) is -0.171. The lowest BCUT2D eigenvalue weighted by molar-refractivity contribution is -0.395. The number of benzene rings is 2. The minimum absolute atomic E-state index is 0.0766. The number of amides is 1. The predicted molar refractivity (Wildman–Crippen MR) is 86.7 cm³/mol. The smallest absolute Gasteiger partial charge is 0.279 e. The Bertz CT molecular complexity index is 770. The van der Waals surface area contributed by atoms with Crippen molar-refractivity contribution < 1.29 is 14.6 Å². The van der Waals surface area contributed by atoms with E-state index in [0.717, 1.165) is 17.7 Å². The van der Waals surface area contributed by atoms with Gasteiger partial charge in [-0.15, -0.1) is 0 Å². The second-order valence-electron chi connectivity index (χ2n) is 5.30. The van der Waals surface area contributed by atoms with Crippen molar-refractivity contribution in [2.75, 3.05) is 7.05 Å². The van der Waals surface area contributed by atoms with Gasteiger partial charge in [-0.05, 0) is 12.5 Å². The van der Waals surface area contributed by atoms with Crippen molar-refractivity contribution in [2.45, 2.75) is 13.5 Å². The Morgan fingerprint density at radius 3 is 2.00 bits per heavy atom. The van der Waals surface area contributed by atoms with E-state index in [1.807, 2.05) is 30.3 Å². The second-order valence-corrected chi connectivity index (χ2v) is 5.30. The highest BCUT2D eigenvalue weighted by molar-refractivity contribution is 5.95. The second kappa shape index (κ2) is 6.86. The normalized spacial score (nSPS) is 10.2. The molecule has 0 aromatic heterocycles. The molecule has 0 fully saturated rings. The quantitative estimate of drug-likeness (QED) is 0.619. The molecule has 0 bridgehead atoms. The first-order chi connectivity index (χ1) is 11.3. The van der Waals surface area contributed by atoms with Gasteiger partial charge in [-0.1, -0.05) is 30.3 Å². The summed E-state index contributed by atoms with van der Waals surface area (Å²) in [6.45, 7) is 1.58. The zero-order valence-corrected chi connectivity index (χ0v) is 13.1. The number of carbonyl (C=O) groups excluding carboxylic acids is 1. The highest BCUT2D eigenvalue weighted by atomic mass is 16.6. The van der Waals surface area contributed by atoms with Crippen LogP contribution in [0.15, 0.2) is 42.5 Å². The van der Waals surface area contributed by atoms with Crippen molar-refractivity contribution in [3.8, 4) is 0 Å². The summed E-state index contributed by atoms with van der Waals surface area (Å²) in [6.07, 6.45) is 0. The van der Waals surface area contributed by atoms with Crippen molar-refractivity contribution in [3.05, 3.63) is 79.4 Å². The Kier molecular flexibility index (Phi) is 4.88. The number of rotatable bonds is 5. The van der Waals surface area contributed by atoms with Crippen LogP contribution in [-0.4, -0.2) is 27.7 Å². The van der Waals surface area contributed by atoms with Gasteiger partial charge in [-0.3, -0.25) is 25.0 Å². The van der Waals surface area contributed by atoms with Crippen LogP contribution in [0.2, 0.25) is 0 Å². The maximum absolute atomic E-state index is 12.5. The first kappa shape index (κ1) is 17.1. The SMILES string of the molecule is Cc1c([N+](=O)[O-])cc(C(=O)N(C)Cc2ccccc2)cc1[N+](=O)[O-]. The van der Waals surface area contributed by atoms with E-state index >= 15 is 0 Å². The molecule has 0 aliphatic rings. The third kappa shape index (κ3) is 3.54. The summed E-state index contributed by atoms with van der Waals surface area (Å²) in [6, 6.07) is 11.3. The van der Waals surface area contributed by atoms with Crippen molar-refractivity contribution in [3.63, 3.8) is 0 Å². The number of hydrogen-bond donors (Lipinski definition) is 0. The molecule has 0 saturated carbocycles. The third-order valence-corrected chi connectivity index (χ3v) is 3.60. The first-order valence-corrected chi connectivity index (χ1v) is 7.04. The van der Waals surface area contributed by atoms with Gasteiger partial charge in [-0.25, -0.2) is 0 Å². The number of nitro benzene ring substituents is 2. The molecule has 2 aromatic rings. The zero-order chi connectivity index (χ0) is 17.9. The van der Waals surface area contributed by atoms with Crippen LogP contribution in [-0.2, 0) is 6.54 Å². The third-order valence-electron chi connectivity index (χ3n) is 3.60. The van der Waals surface area contributed by atoms with Gasteiger partial charge < -0.3 is 4.90 Å². The molecule has 8 heteroatoms. The average molecular weight is 329 g/mol. The molecule has 1 amide bonds. The summed E-state index contributed by atoms with van der Waals surface area (Å²) in [7, 11) is 1.53. The van der Waals surface area contributed by atoms with Crippen LogP contribution in [0.3, 0.4) is 0 Å². The van der Waals surface area contributed by atoms with Crippen molar-refractivity contribution >= 4 is 17.3 Å². The molecule has 0 aliphatic carbocycles. The minimum Gasteiger partial charge on any atom is -0.337 e. The largest absolute Gasteiger partial charge is 0.337 e. The lowest BCUT2D eigenvalue weighted by Crippen LogP contribution is -2.26. The topological polar surface area (TPSA) is 107 Å². The fraction of sp³-hybridized carbons (Fsp3) is 0.188. The summed E-state index contributed by atoms with van der Waals surface area (Å²) in [5.74, 6) is -0.523. The van der Waals surface area contributed by atoms with Crippen LogP contribution < -0.4 is 0 Å². The van der Waals surface area contributed by atoms with Gasteiger partial charge >= 0.3 is 0 Å². The van der Waals surface area contributed by atoms with E-state index in [2.05, 4.69) is 0 Å². The van der Waals surface area contributed by atoms with Gasteiger partial charge in [0.05, 0.1) is 15.4 Å². The predicted octanol–water partition coefficient (Wildman–Crippen LogP) is 3.08. The van der Waals surface area contributed by atoms with Crippen LogP contribution in [0.5, 0.6) is 0 Å². The van der Waals surface area contributed by atoms with E-state index in [0.29, 0.717) is 0 Å². The summed E-state index contributed by atoms with van der Waals surface area (Å²) < 4.78 is 0. The number of hydrogen-bond acceptors (Lipinski definition) is 5. The molecule has 8 nitrogen and oxygen atoms in total. The van der Waals surface area contributed by atoms with E-state index in [1.165, 1.54) is 18.9 Å². The fourth-order valence-electron chi connectivity index (χ4n) is 2.34. The van der Waals surface area contributed by atoms with Gasteiger partial charge in [0.25, 0.3) is 17.3 Å². The minimum atomic E-state index is -0.726. The summed E-state index contributed by atoms with van der Waals surface area (Å²) in [4.78, 5) is 34.6. The van der Waals surface area contributed by atoms with E-state index in [9.17, 15) is 25.0 Å². The summed E-state index contributed by atoms with van der Waals surface area (Å²) in [5, 5.41) is 22.2. The van der Waals surface area contributed by atoms with Gasteiger partial charge in [0, 0.05) is 25.7 Å². The van der Waals surface area contributed by atoms with Crippen molar-refractivity contribution in [1.82, 2.24) is 4.90 Å². The molecule has 24 heavy (non-hydrogen) atoms. The number of nitrogens with zero attached hydrogens (tertiary/aromatic N) is 3. The van der Waals surface area contributed by atoms with Crippen LogP contribution in [0, 0.1) is 27.2 Å². The molecule has 0 heterocycles. The lowest BCUT2D eigenvalue weighted by atomic mass is 10.1. The highest BCUT2D eigenvalue weighted by Gasteiger charge is 2.26. The molecule has 2 rings (SSSR count). The molecule has 0 N–H and O–H groups in total. The maximum atomic E-state index is 12.5. The molecule has 0 spiro atoms. The van der Waals surface area contributed by atoms with Gasteiger partial charge in [0.2, 0.25) is 0 Å². The van der Waals surface area contributed by atoms with Crippen LogP contribution in [0.25, 0.3) is 0 Å². The zero-order valence-electron chi connectivity index (χ0n) is 13.1. The Morgan fingerprint density at radius 1 is 1.04 bits per heavy atom. The Balaban J connectivity index is 2.38. The Hall–Kier alpha value is -3.29. The molecule has 2 aromatic carbocycles. The standard InChI is InChI=1S/C16H15N3O5/c1-11-14(18(21)22)8-13(9-15(11)19(23)24)16(20)17(2)10-12-6-4-3-5-7-12/h3-9H,10H2,1-2H3. The van der Waals surface area contributed by atoms with Gasteiger partial charge in [0.1, 0.15) is 5.56 Å². The van der Waals surface area contributed by atoms with Crippen LogP contribution >= 0.6 is 0 Å². The van der Waals surface area contributed by atoms with Crippen LogP contribution in [0.1, 0.15) is 21.5 Å². The van der Waals surface area contributed by atoms with Gasteiger partial charge in [-0.2, -0.15) is 0 Å². The van der Waals surface area contributed by atoms with E-state index in [-0.39, 0.29) is 17.7 Å². The van der Waals surface area contributed by atoms with E-state index < -0.39 is 27.1 Å². The molecule has 0 aliphatic heterocycles. The average Bonchev–Trinajstić information content (AvgIpc) is 2.54. The molecular weight excluding hydrogens is 314 g/mol. The number of nitro groups is 2. The molecule has 124 valence electrons. The van der Waals surface area contributed by atoms with Crippen LogP contribution in [0.4, 0.5) is 11.4 Å². The lowest BCUT2D eigenvalue weighted by Gasteiger charge is -2.17. The van der Waals surface area contributed by atoms with Gasteiger partial charge in [0.15, 0.2) is 0 Å². The highest BCUT2D eigenvalue weighted by Crippen LogP contribution is 2.29. The number of carbonyl (C=O) groups is 1. The first-order valence-electron chi connectivity index (χ1n) is 7.04. The molecule has 0 atom stereocenters. The molecule has 0 unspecified atom stereocenters. The monoisotopic (exact) mass is 329 g/mol.